The Bertz CT molecular complexity index is 1240. The molecule has 0 saturated heterocycles. The van der Waals surface area contributed by atoms with Gasteiger partial charge in [-0.2, -0.15) is 0 Å². The van der Waals surface area contributed by atoms with Crippen LogP contribution >= 0.6 is 0 Å². The Morgan fingerprint density at radius 3 is 2.71 bits per heavy atom. The van der Waals surface area contributed by atoms with Crippen LogP contribution in [-0.2, 0) is 6.42 Å². The summed E-state index contributed by atoms with van der Waals surface area (Å²) in [5.41, 5.74) is 4.62. The second-order valence-corrected chi connectivity index (χ2v) is 6.10. The van der Waals surface area contributed by atoms with E-state index >= 15 is 0 Å². The average Bonchev–Trinajstić information content (AvgIpc) is 2.96. The number of pyridine rings is 2. The topological polar surface area (TPSA) is 34.4 Å². The van der Waals surface area contributed by atoms with E-state index < -0.39 is 0 Å². The van der Waals surface area contributed by atoms with Gasteiger partial charge in [-0.05, 0) is 35.7 Å². The van der Waals surface area contributed by atoms with E-state index in [2.05, 4.69) is 39.7 Å². The van der Waals surface area contributed by atoms with Gasteiger partial charge in [-0.25, -0.2) is 0 Å². The molecule has 0 N–H and O–H groups in total. The van der Waals surface area contributed by atoms with Crippen molar-refractivity contribution in [1.29, 1.82) is 0 Å². The molecule has 0 unspecified atom stereocenters. The quantitative estimate of drug-likeness (QED) is 0.493. The van der Waals surface area contributed by atoms with Gasteiger partial charge < -0.3 is 4.40 Å². The van der Waals surface area contributed by atoms with Gasteiger partial charge in [0, 0.05) is 40.8 Å². The van der Waals surface area contributed by atoms with Crippen molar-refractivity contribution in [3.05, 3.63) is 94.5 Å². The highest BCUT2D eigenvalue weighted by atomic mass is 16.1. The summed E-state index contributed by atoms with van der Waals surface area (Å²) in [5, 5.41) is 3.14. The smallest absolute Gasteiger partial charge is 0.189 e. The number of fused-ring (bicyclic) bond motifs is 3. The molecule has 0 aliphatic heterocycles. The zero-order chi connectivity index (χ0) is 16.1. The standard InChI is InChI=1S/C21H14N2O/c24-19-9-11-23-18-6-2-1-5-16(18)20-15(7-8-17(19)21(20)23)12-14-4-3-10-22-13-14/h1-11,13H,12H2. The third-order valence-electron chi connectivity index (χ3n) is 4.70. The number of hydrogen-bond acceptors (Lipinski definition) is 2. The van der Waals surface area contributed by atoms with Crippen molar-refractivity contribution in [2.24, 2.45) is 0 Å². The van der Waals surface area contributed by atoms with Gasteiger partial charge in [-0.3, -0.25) is 9.78 Å². The zero-order valence-corrected chi connectivity index (χ0v) is 12.9. The molecule has 5 aromatic rings. The maximum atomic E-state index is 12.3. The number of rotatable bonds is 2. The summed E-state index contributed by atoms with van der Waals surface area (Å²) in [5.74, 6) is 0. The van der Waals surface area contributed by atoms with Crippen LogP contribution in [-0.4, -0.2) is 9.38 Å². The van der Waals surface area contributed by atoms with Gasteiger partial charge in [0.25, 0.3) is 0 Å². The Morgan fingerprint density at radius 2 is 1.83 bits per heavy atom. The van der Waals surface area contributed by atoms with Gasteiger partial charge in [0.15, 0.2) is 5.43 Å². The van der Waals surface area contributed by atoms with Crippen molar-refractivity contribution in [2.75, 3.05) is 0 Å². The lowest BCUT2D eigenvalue weighted by atomic mass is 9.99. The first-order chi connectivity index (χ1) is 11.8. The first kappa shape index (κ1) is 13.3. The monoisotopic (exact) mass is 310 g/mol. The van der Waals surface area contributed by atoms with E-state index in [1.807, 2.05) is 30.6 Å². The largest absolute Gasteiger partial charge is 0.315 e. The summed E-state index contributed by atoms with van der Waals surface area (Å²) < 4.78 is 2.13. The normalized spacial score (nSPS) is 11.7. The molecule has 24 heavy (non-hydrogen) atoms. The summed E-state index contributed by atoms with van der Waals surface area (Å²) in [6.45, 7) is 0. The Morgan fingerprint density at radius 1 is 0.917 bits per heavy atom. The highest BCUT2D eigenvalue weighted by Crippen LogP contribution is 2.33. The zero-order valence-electron chi connectivity index (χ0n) is 12.9. The van der Waals surface area contributed by atoms with Gasteiger partial charge in [0.05, 0.1) is 11.0 Å². The van der Waals surface area contributed by atoms with Gasteiger partial charge >= 0.3 is 0 Å². The van der Waals surface area contributed by atoms with Crippen LogP contribution in [0.1, 0.15) is 11.1 Å². The molecular formula is C21H14N2O. The van der Waals surface area contributed by atoms with Crippen molar-refractivity contribution in [1.82, 2.24) is 9.38 Å². The van der Waals surface area contributed by atoms with Crippen LogP contribution in [0.2, 0.25) is 0 Å². The lowest BCUT2D eigenvalue weighted by molar-refractivity contribution is 1.16. The first-order valence-corrected chi connectivity index (χ1v) is 7.99. The maximum Gasteiger partial charge on any atom is 0.189 e. The molecule has 3 heteroatoms. The lowest BCUT2D eigenvalue weighted by Crippen LogP contribution is -2.02. The van der Waals surface area contributed by atoms with E-state index in [0.29, 0.717) is 0 Å². The van der Waals surface area contributed by atoms with Crippen LogP contribution in [0, 0.1) is 0 Å². The van der Waals surface area contributed by atoms with Gasteiger partial charge in [-0.1, -0.05) is 30.3 Å². The minimum atomic E-state index is 0.0724. The summed E-state index contributed by atoms with van der Waals surface area (Å²) in [6.07, 6.45) is 6.37. The van der Waals surface area contributed by atoms with E-state index in [1.54, 1.807) is 12.3 Å². The number of para-hydroxylation sites is 1. The van der Waals surface area contributed by atoms with Gasteiger partial charge in [0.2, 0.25) is 0 Å². The third kappa shape index (κ3) is 1.78. The third-order valence-corrected chi connectivity index (χ3v) is 4.70. The van der Waals surface area contributed by atoms with Crippen LogP contribution in [0.5, 0.6) is 0 Å². The number of hydrogen-bond donors (Lipinski definition) is 0. The Kier molecular flexibility index (Phi) is 2.71. The molecule has 0 aliphatic rings. The predicted octanol–water partition coefficient (Wildman–Crippen LogP) is 4.03. The van der Waals surface area contributed by atoms with Gasteiger partial charge in [-0.15, -0.1) is 0 Å². The molecule has 114 valence electrons. The SMILES string of the molecule is O=c1ccn2c3ccccc3c3c(Cc4cccnc4)ccc1c32. The van der Waals surface area contributed by atoms with Gasteiger partial charge in [0.1, 0.15) is 0 Å². The van der Waals surface area contributed by atoms with Crippen molar-refractivity contribution in [2.45, 2.75) is 6.42 Å². The maximum absolute atomic E-state index is 12.3. The number of aromatic nitrogens is 2. The molecule has 0 aliphatic carbocycles. The molecule has 0 atom stereocenters. The average molecular weight is 310 g/mol. The minimum Gasteiger partial charge on any atom is -0.315 e. The van der Waals surface area contributed by atoms with Crippen molar-refractivity contribution >= 4 is 27.2 Å². The molecule has 0 amide bonds. The summed E-state index contributed by atoms with van der Waals surface area (Å²) in [6, 6.07) is 18.1. The van der Waals surface area contributed by atoms with Crippen molar-refractivity contribution < 1.29 is 0 Å². The van der Waals surface area contributed by atoms with Crippen LogP contribution in [0.25, 0.3) is 27.2 Å². The molecule has 3 heterocycles. The highest BCUT2D eigenvalue weighted by molar-refractivity contribution is 6.15. The fourth-order valence-corrected chi connectivity index (χ4v) is 3.65. The van der Waals surface area contributed by atoms with Crippen molar-refractivity contribution in [3.63, 3.8) is 0 Å². The van der Waals surface area contributed by atoms with Crippen LogP contribution < -0.4 is 5.43 Å². The Labute approximate surface area is 138 Å². The van der Waals surface area contributed by atoms with Crippen molar-refractivity contribution in [3.8, 4) is 0 Å². The van der Waals surface area contributed by atoms with E-state index in [1.165, 1.54) is 21.9 Å². The summed E-state index contributed by atoms with van der Waals surface area (Å²) in [7, 11) is 0. The van der Waals surface area contributed by atoms with E-state index in [4.69, 9.17) is 0 Å². The van der Waals surface area contributed by atoms with Crippen LogP contribution in [0.15, 0.2) is 78.0 Å². The lowest BCUT2D eigenvalue weighted by Gasteiger charge is -2.06. The molecule has 3 aromatic heterocycles. The Hall–Kier alpha value is -3.20. The fourth-order valence-electron chi connectivity index (χ4n) is 3.65. The van der Waals surface area contributed by atoms with E-state index in [9.17, 15) is 4.79 Å². The molecular weight excluding hydrogens is 296 g/mol. The number of benzene rings is 2. The molecule has 3 nitrogen and oxygen atoms in total. The fraction of sp³-hybridized carbons (Fsp3) is 0.0476. The Balaban J connectivity index is 1.93. The van der Waals surface area contributed by atoms with E-state index in [-0.39, 0.29) is 5.43 Å². The second kappa shape index (κ2) is 4.90. The van der Waals surface area contributed by atoms with Crippen LogP contribution in [0.3, 0.4) is 0 Å². The minimum absolute atomic E-state index is 0.0724. The molecule has 0 spiro atoms. The molecule has 2 aromatic carbocycles. The molecule has 0 saturated carbocycles. The second-order valence-electron chi connectivity index (χ2n) is 6.10. The first-order valence-electron chi connectivity index (χ1n) is 7.99. The summed E-state index contributed by atoms with van der Waals surface area (Å²) in [4.78, 5) is 16.5. The van der Waals surface area contributed by atoms with E-state index in [0.717, 1.165) is 22.8 Å². The molecule has 0 radical (unpaired) electrons. The summed E-state index contributed by atoms with van der Waals surface area (Å²) >= 11 is 0. The molecule has 0 fully saturated rings. The van der Waals surface area contributed by atoms with Crippen LogP contribution in [0.4, 0.5) is 0 Å². The molecule has 5 rings (SSSR count). The highest BCUT2D eigenvalue weighted by Gasteiger charge is 2.15. The molecule has 0 bridgehead atoms. The number of nitrogens with zero attached hydrogens (tertiary/aromatic N) is 2. The predicted molar refractivity (Wildman–Crippen MR) is 96.9 cm³/mol.